The van der Waals surface area contributed by atoms with Crippen molar-refractivity contribution in [3.8, 4) is 0 Å². The van der Waals surface area contributed by atoms with Gasteiger partial charge in [0.1, 0.15) is 5.69 Å². The lowest BCUT2D eigenvalue weighted by Gasteiger charge is -2.21. The number of hydrogen-bond donors (Lipinski definition) is 1. The van der Waals surface area contributed by atoms with Crippen LogP contribution in [0.15, 0.2) is 0 Å². The quantitative estimate of drug-likeness (QED) is 0.675. The summed E-state index contributed by atoms with van der Waals surface area (Å²) in [6, 6.07) is 0.329. The summed E-state index contributed by atoms with van der Waals surface area (Å²) in [4.78, 5) is 10.9. The molecule has 0 aromatic carbocycles. The van der Waals surface area contributed by atoms with Crippen molar-refractivity contribution in [2.75, 3.05) is 5.32 Å². The third-order valence-electron chi connectivity index (χ3n) is 4.02. The minimum Gasteiger partial charge on any atom is -0.362 e. The zero-order chi connectivity index (χ0) is 14.5. The molecule has 0 atom stereocenters. The second-order valence-electron chi connectivity index (χ2n) is 5.54. The van der Waals surface area contributed by atoms with E-state index in [9.17, 15) is 10.1 Å². The first kappa shape index (κ1) is 14.8. The fourth-order valence-corrected chi connectivity index (χ4v) is 2.96. The van der Waals surface area contributed by atoms with E-state index in [0.29, 0.717) is 24.1 Å². The predicted molar refractivity (Wildman–Crippen MR) is 79.0 cm³/mol. The minimum atomic E-state index is -0.320. The molecule has 1 saturated carbocycles. The summed E-state index contributed by atoms with van der Waals surface area (Å²) in [7, 11) is 0. The largest absolute Gasteiger partial charge is 0.362 e. The standard InChI is InChI=1S/C14H24N4O2/c1-3-17-14(13(18(19)20)11(2)16-17)15-12-9-7-5-4-6-8-10-12/h12,15H,3-10H2,1-2H3. The smallest absolute Gasteiger partial charge is 0.333 e. The zero-order valence-electron chi connectivity index (χ0n) is 12.4. The summed E-state index contributed by atoms with van der Waals surface area (Å²) in [6.07, 6.45) is 8.43. The van der Waals surface area contributed by atoms with Crippen LogP contribution in [-0.2, 0) is 6.54 Å². The Morgan fingerprint density at radius 1 is 1.30 bits per heavy atom. The van der Waals surface area contributed by atoms with Gasteiger partial charge in [-0.15, -0.1) is 0 Å². The van der Waals surface area contributed by atoms with Crippen LogP contribution in [0, 0.1) is 17.0 Å². The van der Waals surface area contributed by atoms with E-state index in [1.807, 2.05) is 6.92 Å². The highest BCUT2D eigenvalue weighted by Crippen LogP contribution is 2.30. The number of hydrogen-bond acceptors (Lipinski definition) is 4. The first-order chi connectivity index (χ1) is 9.63. The molecular formula is C14H24N4O2. The van der Waals surface area contributed by atoms with Crippen molar-refractivity contribution in [2.45, 2.75) is 71.4 Å². The molecule has 0 amide bonds. The lowest BCUT2D eigenvalue weighted by Crippen LogP contribution is -2.23. The summed E-state index contributed by atoms with van der Waals surface area (Å²) < 4.78 is 1.71. The SMILES string of the molecule is CCn1nc(C)c([N+](=O)[O-])c1NC1CCCCCCC1. The highest BCUT2D eigenvalue weighted by Gasteiger charge is 2.26. The average Bonchev–Trinajstić information content (AvgIpc) is 2.68. The molecule has 6 nitrogen and oxygen atoms in total. The van der Waals surface area contributed by atoms with E-state index < -0.39 is 0 Å². The van der Waals surface area contributed by atoms with Gasteiger partial charge in [-0.1, -0.05) is 32.1 Å². The summed E-state index contributed by atoms with van der Waals surface area (Å²) in [5.41, 5.74) is 0.624. The third-order valence-corrected chi connectivity index (χ3v) is 4.02. The van der Waals surface area contributed by atoms with Gasteiger partial charge >= 0.3 is 5.69 Å². The Labute approximate surface area is 119 Å². The van der Waals surface area contributed by atoms with Gasteiger partial charge in [0.15, 0.2) is 0 Å². The van der Waals surface area contributed by atoms with Crippen molar-refractivity contribution in [3.05, 3.63) is 15.8 Å². The molecule has 0 spiro atoms. The van der Waals surface area contributed by atoms with Crippen molar-refractivity contribution in [3.63, 3.8) is 0 Å². The Morgan fingerprint density at radius 3 is 2.45 bits per heavy atom. The normalized spacial score (nSPS) is 17.5. The molecule has 0 aliphatic heterocycles. The van der Waals surface area contributed by atoms with Gasteiger partial charge in [0, 0.05) is 12.6 Å². The number of aromatic nitrogens is 2. The van der Waals surface area contributed by atoms with E-state index in [2.05, 4.69) is 10.4 Å². The van der Waals surface area contributed by atoms with Crippen LogP contribution in [-0.4, -0.2) is 20.7 Å². The van der Waals surface area contributed by atoms with Crippen LogP contribution in [0.25, 0.3) is 0 Å². The maximum Gasteiger partial charge on any atom is 0.333 e. The molecule has 0 unspecified atom stereocenters. The van der Waals surface area contributed by atoms with Gasteiger partial charge in [-0.3, -0.25) is 10.1 Å². The summed E-state index contributed by atoms with van der Waals surface area (Å²) in [5.74, 6) is 0.584. The molecule has 1 heterocycles. The number of anilines is 1. The van der Waals surface area contributed by atoms with Crippen LogP contribution >= 0.6 is 0 Å². The minimum absolute atomic E-state index is 0.133. The molecule has 0 bridgehead atoms. The average molecular weight is 280 g/mol. The van der Waals surface area contributed by atoms with E-state index in [1.54, 1.807) is 11.6 Å². The molecule has 20 heavy (non-hydrogen) atoms. The fourth-order valence-electron chi connectivity index (χ4n) is 2.96. The molecular weight excluding hydrogens is 256 g/mol. The van der Waals surface area contributed by atoms with Gasteiger partial charge in [-0.05, 0) is 26.7 Å². The molecule has 0 radical (unpaired) electrons. The van der Waals surface area contributed by atoms with Gasteiger partial charge in [0.2, 0.25) is 5.82 Å². The Balaban J connectivity index is 2.19. The molecule has 1 aromatic heterocycles. The zero-order valence-corrected chi connectivity index (χ0v) is 12.4. The first-order valence-electron chi connectivity index (χ1n) is 7.61. The van der Waals surface area contributed by atoms with Crippen molar-refractivity contribution < 1.29 is 4.92 Å². The fraction of sp³-hybridized carbons (Fsp3) is 0.786. The van der Waals surface area contributed by atoms with Gasteiger partial charge in [0.25, 0.3) is 0 Å². The van der Waals surface area contributed by atoms with E-state index >= 15 is 0 Å². The molecule has 1 aliphatic rings. The molecule has 1 fully saturated rings. The molecule has 1 N–H and O–H groups in total. The molecule has 6 heteroatoms. The number of nitrogens with zero attached hydrogens (tertiary/aromatic N) is 3. The second kappa shape index (κ2) is 6.72. The van der Waals surface area contributed by atoms with Gasteiger partial charge < -0.3 is 5.32 Å². The van der Waals surface area contributed by atoms with Gasteiger partial charge in [-0.25, -0.2) is 4.68 Å². The number of rotatable bonds is 4. The lowest BCUT2D eigenvalue weighted by molar-refractivity contribution is -0.384. The summed E-state index contributed by atoms with van der Waals surface area (Å²) in [6.45, 7) is 4.30. The predicted octanol–water partition coefficient (Wildman–Crippen LogP) is 3.64. The van der Waals surface area contributed by atoms with Crippen LogP contribution in [0.3, 0.4) is 0 Å². The van der Waals surface area contributed by atoms with E-state index in [4.69, 9.17) is 0 Å². The lowest BCUT2D eigenvalue weighted by atomic mass is 9.97. The van der Waals surface area contributed by atoms with Crippen LogP contribution in [0.1, 0.15) is 57.6 Å². The van der Waals surface area contributed by atoms with Gasteiger partial charge in [0.05, 0.1) is 4.92 Å². The van der Waals surface area contributed by atoms with Crippen LogP contribution in [0.2, 0.25) is 0 Å². The molecule has 1 aromatic rings. The number of nitrogens with one attached hydrogen (secondary N) is 1. The number of aryl methyl sites for hydroxylation is 2. The Kier molecular flexibility index (Phi) is 4.98. The van der Waals surface area contributed by atoms with Gasteiger partial charge in [-0.2, -0.15) is 5.10 Å². The maximum absolute atomic E-state index is 11.2. The topological polar surface area (TPSA) is 73.0 Å². The maximum atomic E-state index is 11.2. The summed E-state index contributed by atoms with van der Waals surface area (Å²) in [5, 5.41) is 18.9. The molecule has 0 saturated heterocycles. The monoisotopic (exact) mass is 280 g/mol. The molecule has 2 rings (SSSR count). The highest BCUT2D eigenvalue weighted by atomic mass is 16.6. The second-order valence-corrected chi connectivity index (χ2v) is 5.54. The highest BCUT2D eigenvalue weighted by molar-refractivity contribution is 5.60. The number of nitro groups is 1. The third kappa shape index (κ3) is 3.29. The van der Waals surface area contributed by atoms with Crippen LogP contribution in [0.5, 0.6) is 0 Å². The van der Waals surface area contributed by atoms with Crippen LogP contribution in [0.4, 0.5) is 11.5 Å². The van der Waals surface area contributed by atoms with Crippen LogP contribution < -0.4 is 5.32 Å². The molecule has 1 aliphatic carbocycles. The van der Waals surface area contributed by atoms with Crippen molar-refractivity contribution in [2.24, 2.45) is 0 Å². The first-order valence-corrected chi connectivity index (χ1v) is 7.61. The van der Waals surface area contributed by atoms with E-state index in [1.165, 1.54) is 32.1 Å². The van der Waals surface area contributed by atoms with E-state index in [-0.39, 0.29) is 10.6 Å². The Bertz CT molecular complexity index is 462. The molecule has 112 valence electrons. The van der Waals surface area contributed by atoms with Crippen molar-refractivity contribution >= 4 is 11.5 Å². The Morgan fingerprint density at radius 2 is 1.90 bits per heavy atom. The Hall–Kier alpha value is -1.59. The van der Waals surface area contributed by atoms with Crippen molar-refractivity contribution in [1.82, 2.24) is 9.78 Å². The van der Waals surface area contributed by atoms with E-state index in [0.717, 1.165) is 12.8 Å². The van der Waals surface area contributed by atoms with Crippen molar-refractivity contribution in [1.29, 1.82) is 0 Å². The summed E-state index contributed by atoms with van der Waals surface area (Å²) >= 11 is 0.